The Labute approximate surface area is 113 Å². The van der Waals surface area contributed by atoms with E-state index in [0.29, 0.717) is 12.8 Å². The van der Waals surface area contributed by atoms with Gasteiger partial charge < -0.3 is 10.2 Å². The summed E-state index contributed by atoms with van der Waals surface area (Å²) >= 11 is 0. The van der Waals surface area contributed by atoms with Crippen LogP contribution in [0.1, 0.15) is 30.0 Å². The van der Waals surface area contributed by atoms with Crippen LogP contribution in [0.3, 0.4) is 0 Å². The van der Waals surface area contributed by atoms with E-state index >= 15 is 0 Å². The number of nitrogens with zero attached hydrogens (tertiary/aromatic N) is 1. The molecule has 1 aromatic rings. The van der Waals surface area contributed by atoms with Crippen LogP contribution >= 0.6 is 0 Å². The van der Waals surface area contributed by atoms with E-state index in [2.05, 4.69) is 5.32 Å². The molecule has 4 nitrogen and oxygen atoms in total. The van der Waals surface area contributed by atoms with Crippen molar-refractivity contribution in [2.24, 2.45) is 5.92 Å². The van der Waals surface area contributed by atoms with Crippen LogP contribution in [0.2, 0.25) is 0 Å². The second-order valence-corrected chi connectivity index (χ2v) is 5.12. The molecule has 4 heteroatoms. The van der Waals surface area contributed by atoms with Gasteiger partial charge in [-0.3, -0.25) is 9.59 Å². The highest BCUT2D eigenvalue weighted by Gasteiger charge is 2.38. The van der Waals surface area contributed by atoms with Crippen molar-refractivity contribution in [2.75, 3.05) is 14.1 Å². The Hall–Kier alpha value is -1.84. The minimum atomic E-state index is -0.171. The third-order valence-corrected chi connectivity index (χ3v) is 3.86. The number of hydrogen-bond acceptors (Lipinski definition) is 2. The maximum atomic E-state index is 12.0. The maximum absolute atomic E-state index is 12.0. The Morgan fingerprint density at radius 3 is 2.53 bits per heavy atom. The zero-order valence-electron chi connectivity index (χ0n) is 11.6. The number of hydrogen-bond donors (Lipinski definition) is 1. The summed E-state index contributed by atoms with van der Waals surface area (Å²) in [4.78, 5) is 25.6. The van der Waals surface area contributed by atoms with E-state index in [-0.39, 0.29) is 23.8 Å². The third kappa shape index (κ3) is 2.62. The average Bonchev–Trinajstić information content (AvgIpc) is 2.42. The number of likely N-dealkylation sites (tertiary alicyclic amines) is 1. The Kier molecular flexibility index (Phi) is 3.88. The second-order valence-electron chi connectivity index (χ2n) is 5.12. The molecule has 1 fully saturated rings. The number of amides is 2. The molecule has 1 N–H and O–H groups in total. The first-order valence-electron chi connectivity index (χ1n) is 6.58. The van der Waals surface area contributed by atoms with Gasteiger partial charge in [0.25, 0.3) is 0 Å². The van der Waals surface area contributed by atoms with Gasteiger partial charge in [-0.2, -0.15) is 0 Å². The summed E-state index contributed by atoms with van der Waals surface area (Å²) in [6.07, 6.45) is 1.05. The number of carbonyl (C=O) groups excluding carboxylic acids is 2. The predicted molar refractivity (Wildman–Crippen MR) is 73.5 cm³/mol. The molecule has 1 aromatic carbocycles. The van der Waals surface area contributed by atoms with Crippen LogP contribution in [-0.4, -0.2) is 30.8 Å². The highest BCUT2D eigenvalue weighted by molar-refractivity contribution is 5.84. The zero-order chi connectivity index (χ0) is 14.0. The van der Waals surface area contributed by atoms with Crippen molar-refractivity contribution in [3.05, 3.63) is 35.4 Å². The van der Waals surface area contributed by atoms with Gasteiger partial charge in [-0.05, 0) is 18.9 Å². The predicted octanol–water partition coefficient (Wildman–Crippen LogP) is 1.65. The lowest BCUT2D eigenvalue weighted by Gasteiger charge is -2.38. The summed E-state index contributed by atoms with van der Waals surface area (Å²) in [5.74, 6) is -0.0638. The van der Waals surface area contributed by atoms with Crippen LogP contribution in [0.25, 0.3) is 0 Å². The minimum Gasteiger partial charge on any atom is -0.359 e. The van der Waals surface area contributed by atoms with Gasteiger partial charge in [-0.1, -0.05) is 29.8 Å². The van der Waals surface area contributed by atoms with Gasteiger partial charge in [0.05, 0.1) is 12.0 Å². The van der Waals surface area contributed by atoms with E-state index in [1.807, 2.05) is 31.2 Å². The molecule has 1 aliphatic rings. The highest BCUT2D eigenvalue weighted by Crippen LogP contribution is 2.35. The van der Waals surface area contributed by atoms with Crippen molar-refractivity contribution in [3.63, 3.8) is 0 Å². The largest absolute Gasteiger partial charge is 0.359 e. The van der Waals surface area contributed by atoms with Gasteiger partial charge in [0.1, 0.15) is 0 Å². The summed E-state index contributed by atoms with van der Waals surface area (Å²) < 4.78 is 0. The number of piperidine rings is 1. The van der Waals surface area contributed by atoms with Gasteiger partial charge in [-0.15, -0.1) is 0 Å². The van der Waals surface area contributed by atoms with Crippen molar-refractivity contribution in [2.45, 2.75) is 25.8 Å². The fourth-order valence-corrected chi connectivity index (χ4v) is 2.72. The second kappa shape index (κ2) is 5.43. The van der Waals surface area contributed by atoms with Crippen molar-refractivity contribution >= 4 is 11.8 Å². The molecule has 0 bridgehead atoms. The molecule has 0 aromatic heterocycles. The quantitative estimate of drug-likeness (QED) is 0.879. The Bertz CT molecular complexity index is 481. The van der Waals surface area contributed by atoms with Crippen molar-refractivity contribution < 1.29 is 9.59 Å². The van der Waals surface area contributed by atoms with Gasteiger partial charge >= 0.3 is 0 Å². The lowest BCUT2D eigenvalue weighted by Crippen LogP contribution is -2.45. The maximum Gasteiger partial charge on any atom is 0.225 e. The van der Waals surface area contributed by atoms with Gasteiger partial charge in [0, 0.05) is 20.5 Å². The molecule has 19 heavy (non-hydrogen) atoms. The fourth-order valence-electron chi connectivity index (χ4n) is 2.72. The van der Waals surface area contributed by atoms with Crippen LogP contribution in [-0.2, 0) is 9.59 Å². The first kappa shape index (κ1) is 13.6. The molecule has 2 amide bonds. The standard InChI is InChI=1S/C15H20N2O2/c1-10-4-6-11(7-5-10)14-12(15(19)16-2)8-9-13(18)17(14)3/h4-7,12,14H,8-9H2,1-3H3,(H,16,19). The topological polar surface area (TPSA) is 49.4 Å². The van der Waals surface area contributed by atoms with Crippen LogP contribution in [0.4, 0.5) is 0 Å². The average molecular weight is 260 g/mol. The Morgan fingerprint density at radius 2 is 1.95 bits per heavy atom. The summed E-state index contributed by atoms with van der Waals surface area (Å²) in [6, 6.07) is 7.88. The molecule has 0 saturated carbocycles. The lowest BCUT2D eigenvalue weighted by atomic mass is 9.84. The number of carbonyl (C=O) groups is 2. The van der Waals surface area contributed by atoms with E-state index in [0.717, 1.165) is 5.56 Å². The normalized spacial score (nSPS) is 23.3. The molecule has 0 spiro atoms. The summed E-state index contributed by atoms with van der Waals surface area (Å²) in [5.41, 5.74) is 2.19. The number of aryl methyl sites for hydroxylation is 1. The lowest BCUT2D eigenvalue weighted by molar-refractivity contribution is -0.141. The number of benzene rings is 1. The van der Waals surface area contributed by atoms with Crippen LogP contribution in [0.15, 0.2) is 24.3 Å². The molecular weight excluding hydrogens is 240 g/mol. The summed E-state index contributed by atoms with van der Waals surface area (Å²) in [5, 5.41) is 2.70. The van der Waals surface area contributed by atoms with Crippen LogP contribution in [0, 0.1) is 12.8 Å². The van der Waals surface area contributed by atoms with E-state index in [9.17, 15) is 9.59 Å². The van der Waals surface area contributed by atoms with Gasteiger partial charge in [-0.25, -0.2) is 0 Å². The van der Waals surface area contributed by atoms with Crippen LogP contribution in [0.5, 0.6) is 0 Å². The Balaban J connectivity index is 2.36. The first-order valence-corrected chi connectivity index (χ1v) is 6.58. The third-order valence-electron chi connectivity index (χ3n) is 3.86. The molecule has 2 rings (SSSR count). The van der Waals surface area contributed by atoms with Crippen molar-refractivity contribution in [1.82, 2.24) is 10.2 Å². The number of nitrogens with one attached hydrogen (secondary N) is 1. The van der Waals surface area contributed by atoms with Gasteiger partial charge in [0.15, 0.2) is 0 Å². The monoisotopic (exact) mass is 260 g/mol. The molecule has 1 aliphatic heterocycles. The molecule has 0 radical (unpaired) electrons. The highest BCUT2D eigenvalue weighted by atomic mass is 16.2. The zero-order valence-corrected chi connectivity index (χ0v) is 11.6. The molecule has 2 atom stereocenters. The van der Waals surface area contributed by atoms with Gasteiger partial charge in [0.2, 0.25) is 11.8 Å². The van der Waals surface area contributed by atoms with Crippen LogP contribution < -0.4 is 5.32 Å². The first-order chi connectivity index (χ1) is 9.04. The molecular formula is C15H20N2O2. The molecule has 0 aliphatic carbocycles. The van der Waals surface area contributed by atoms with E-state index in [1.54, 1.807) is 19.0 Å². The van der Waals surface area contributed by atoms with E-state index < -0.39 is 0 Å². The van der Waals surface area contributed by atoms with Crippen molar-refractivity contribution in [3.8, 4) is 0 Å². The smallest absolute Gasteiger partial charge is 0.225 e. The van der Waals surface area contributed by atoms with Crippen molar-refractivity contribution in [1.29, 1.82) is 0 Å². The van der Waals surface area contributed by atoms with E-state index in [4.69, 9.17) is 0 Å². The fraction of sp³-hybridized carbons (Fsp3) is 0.467. The SMILES string of the molecule is CNC(=O)C1CCC(=O)N(C)C1c1ccc(C)cc1. The molecule has 2 unspecified atom stereocenters. The molecule has 102 valence electrons. The minimum absolute atomic E-state index is 0.00456. The summed E-state index contributed by atoms with van der Waals surface area (Å²) in [6.45, 7) is 2.02. The Morgan fingerprint density at radius 1 is 1.32 bits per heavy atom. The number of rotatable bonds is 2. The summed E-state index contributed by atoms with van der Waals surface area (Å²) in [7, 11) is 3.42. The molecule has 1 saturated heterocycles. The molecule has 1 heterocycles. The van der Waals surface area contributed by atoms with E-state index in [1.165, 1.54) is 5.56 Å².